The highest BCUT2D eigenvalue weighted by atomic mass is 32.1. The van der Waals surface area contributed by atoms with Crippen molar-refractivity contribution in [3.8, 4) is 0 Å². The highest BCUT2D eigenvalue weighted by Crippen LogP contribution is 2.26. The van der Waals surface area contributed by atoms with Crippen LogP contribution in [0.25, 0.3) is 0 Å². The highest BCUT2D eigenvalue weighted by molar-refractivity contribution is 7.97. The number of carbonyl (C=O) groups is 1. The van der Waals surface area contributed by atoms with E-state index in [1.54, 1.807) is 6.20 Å². The molecule has 0 amide bonds. The minimum Gasteiger partial charge on any atom is -0.327 e. The number of carbonyl (C=O) groups excluding carboxylic acids is 1. The molecule has 106 valence electrons. The van der Waals surface area contributed by atoms with Gasteiger partial charge in [-0.3, -0.25) is 9.78 Å². The maximum Gasteiger partial charge on any atom is 0.234 e. The van der Waals surface area contributed by atoms with Crippen LogP contribution in [0.3, 0.4) is 0 Å². The van der Waals surface area contributed by atoms with Crippen molar-refractivity contribution in [2.75, 3.05) is 0 Å². The summed E-state index contributed by atoms with van der Waals surface area (Å²) in [4.78, 5) is 15.7. The molecular formula is C15H24N2OS. The molecular weight excluding hydrogens is 256 g/mol. The van der Waals surface area contributed by atoms with Crippen LogP contribution in [0.1, 0.15) is 55.7 Å². The van der Waals surface area contributed by atoms with E-state index in [0.717, 1.165) is 30.4 Å². The van der Waals surface area contributed by atoms with Crippen molar-refractivity contribution in [3.63, 3.8) is 0 Å². The van der Waals surface area contributed by atoms with Crippen LogP contribution in [0.2, 0.25) is 0 Å². The molecule has 0 saturated heterocycles. The number of thiol groups is 1. The van der Waals surface area contributed by atoms with Crippen LogP contribution >= 0.6 is 12.6 Å². The molecule has 0 aliphatic carbocycles. The van der Waals surface area contributed by atoms with Gasteiger partial charge < -0.3 is 5.73 Å². The first-order chi connectivity index (χ1) is 8.77. The van der Waals surface area contributed by atoms with Crippen LogP contribution in [0, 0.1) is 5.41 Å². The van der Waals surface area contributed by atoms with E-state index < -0.39 is 0 Å². The molecule has 2 N–H and O–H groups in total. The number of rotatable bonds is 6. The van der Waals surface area contributed by atoms with E-state index in [-0.39, 0.29) is 16.6 Å². The molecule has 1 rings (SSSR count). The van der Waals surface area contributed by atoms with E-state index in [1.807, 2.05) is 6.92 Å². The third-order valence-corrected chi connectivity index (χ3v) is 3.85. The molecule has 0 aliphatic heterocycles. The fraction of sp³-hybridized carbons (Fsp3) is 0.600. The molecule has 1 aromatic rings. The lowest BCUT2D eigenvalue weighted by Gasteiger charge is -2.29. The number of nitrogens with zero attached hydrogens (tertiary/aromatic N) is 1. The summed E-state index contributed by atoms with van der Waals surface area (Å²) >= 11 is 3.88. The Balaban J connectivity index is 3.05. The van der Waals surface area contributed by atoms with E-state index in [2.05, 4.69) is 44.5 Å². The molecule has 0 saturated carbocycles. The van der Waals surface area contributed by atoms with E-state index in [0.29, 0.717) is 5.69 Å². The van der Waals surface area contributed by atoms with E-state index >= 15 is 0 Å². The van der Waals surface area contributed by atoms with Crippen molar-refractivity contribution in [3.05, 3.63) is 29.1 Å². The van der Waals surface area contributed by atoms with Gasteiger partial charge in [0.2, 0.25) is 5.12 Å². The van der Waals surface area contributed by atoms with Crippen LogP contribution in [-0.2, 0) is 12.8 Å². The molecule has 4 heteroatoms. The molecule has 1 aromatic heterocycles. The van der Waals surface area contributed by atoms with Crippen molar-refractivity contribution in [2.45, 2.75) is 53.0 Å². The predicted octanol–water partition coefficient (Wildman–Crippen LogP) is 3.02. The van der Waals surface area contributed by atoms with Crippen LogP contribution in [0.15, 0.2) is 12.3 Å². The van der Waals surface area contributed by atoms with Gasteiger partial charge in [0.05, 0.1) is 0 Å². The molecule has 0 aliphatic rings. The molecule has 19 heavy (non-hydrogen) atoms. The van der Waals surface area contributed by atoms with E-state index in [4.69, 9.17) is 5.73 Å². The van der Waals surface area contributed by atoms with Gasteiger partial charge in [-0.2, -0.15) is 0 Å². The quantitative estimate of drug-likeness (QED) is 0.788. The number of aromatic nitrogens is 1. The largest absolute Gasteiger partial charge is 0.327 e. The Morgan fingerprint density at radius 2 is 2.16 bits per heavy atom. The van der Waals surface area contributed by atoms with Gasteiger partial charge in [-0.15, -0.1) is 0 Å². The summed E-state index contributed by atoms with van der Waals surface area (Å²) in [7, 11) is 0. The fourth-order valence-corrected chi connectivity index (χ4v) is 2.20. The Hall–Kier alpha value is -0.870. The third kappa shape index (κ3) is 4.32. The zero-order chi connectivity index (χ0) is 14.6. The van der Waals surface area contributed by atoms with Gasteiger partial charge in [0.15, 0.2) is 0 Å². The summed E-state index contributed by atoms with van der Waals surface area (Å²) in [5.74, 6) is 0. The molecule has 0 bridgehead atoms. The van der Waals surface area contributed by atoms with Crippen molar-refractivity contribution in [1.82, 2.24) is 4.98 Å². The number of aryl methyl sites for hydroxylation is 1. The van der Waals surface area contributed by atoms with Crippen LogP contribution < -0.4 is 5.73 Å². The van der Waals surface area contributed by atoms with Crippen LogP contribution in [0.4, 0.5) is 0 Å². The topological polar surface area (TPSA) is 56.0 Å². The average Bonchev–Trinajstić information content (AvgIpc) is 2.28. The van der Waals surface area contributed by atoms with Crippen molar-refractivity contribution in [2.24, 2.45) is 11.1 Å². The molecule has 3 nitrogen and oxygen atoms in total. The lowest BCUT2D eigenvalue weighted by atomic mass is 9.80. The standard InChI is InChI=1S/C15H24N2OS/c1-5-6-12-7-11(8-15(3,4)10(2)16)9-17-13(12)14(18)19/h7,9-10H,5-6,8,16H2,1-4H3,(H,18,19). The molecule has 0 aromatic carbocycles. The van der Waals surface area contributed by atoms with Crippen molar-refractivity contribution < 1.29 is 4.79 Å². The van der Waals surface area contributed by atoms with Gasteiger partial charge in [0, 0.05) is 12.2 Å². The first-order valence-electron chi connectivity index (χ1n) is 6.74. The second kappa shape index (κ2) is 6.53. The lowest BCUT2D eigenvalue weighted by Crippen LogP contribution is -2.36. The number of pyridine rings is 1. The second-order valence-electron chi connectivity index (χ2n) is 5.86. The van der Waals surface area contributed by atoms with Crippen LogP contribution in [-0.4, -0.2) is 16.1 Å². The summed E-state index contributed by atoms with van der Waals surface area (Å²) in [6.07, 6.45) is 4.46. The molecule has 1 heterocycles. The molecule has 0 spiro atoms. The molecule has 0 fully saturated rings. The third-order valence-electron chi connectivity index (χ3n) is 3.64. The van der Waals surface area contributed by atoms with Gasteiger partial charge in [0.1, 0.15) is 5.69 Å². The Bertz CT molecular complexity index is 455. The SMILES string of the molecule is CCCc1cc(CC(C)(C)C(C)N)cnc1C(=O)S. The van der Waals surface area contributed by atoms with Gasteiger partial charge in [-0.25, -0.2) is 0 Å². The highest BCUT2D eigenvalue weighted by Gasteiger charge is 2.24. The monoisotopic (exact) mass is 280 g/mol. The summed E-state index contributed by atoms with van der Waals surface area (Å²) < 4.78 is 0. The van der Waals surface area contributed by atoms with E-state index in [9.17, 15) is 4.79 Å². The maximum absolute atomic E-state index is 11.4. The van der Waals surface area contributed by atoms with E-state index in [1.165, 1.54) is 0 Å². The van der Waals surface area contributed by atoms with Crippen molar-refractivity contribution >= 4 is 17.7 Å². The summed E-state index contributed by atoms with van der Waals surface area (Å²) in [6.45, 7) is 8.40. The number of hydrogen-bond donors (Lipinski definition) is 2. The second-order valence-corrected chi connectivity index (χ2v) is 6.27. The van der Waals surface area contributed by atoms with Gasteiger partial charge in [-0.05, 0) is 36.3 Å². The lowest BCUT2D eigenvalue weighted by molar-refractivity contribution is 0.108. The Kier molecular flexibility index (Phi) is 5.56. The zero-order valence-electron chi connectivity index (χ0n) is 12.2. The Labute approximate surface area is 121 Å². The average molecular weight is 280 g/mol. The number of hydrogen-bond acceptors (Lipinski definition) is 3. The fourth-order valence-electron chi connectivity index (χ4n) is 2.00. The van der Waals surface area contributed by atoms with Gasteiger partial charge in [0.25, 0.3) is 0 Å². The minimum atomic E-state index is -0.263. The van der Waals surface area contributed by atoms with Gasteiger partial charge in [-0.1, -0.05) is 45.9 Å². The zero-order valence-corrected chi connectivity index (χ0v) is 13.1. The summed E-state index contributed by atoms with van der Waals surface area (Å²) in [6, 6.07) is 2.18. The Morgan fingerprint density at radius 3 is 2.63 bits per heavy atom. The summed E-state index contributed by atoms with van der Waals surface area (Å²) in [5, 5.41) is -0.263. The first-order valence-corrected chi connectivity index (χ1v) is 7.19. The summed E-state index contributed by atoms with van der Waals surface area (Å²) in [5.41, 5.74) is 8.61. The Morgan fingerprint density at radius 1 is 1.53 bits per heavy atom. The van der Waals surface area contributed by atoms with Crippen LogP contribution in [0.5, 0.6) is 0 Å². The molecule has 1 unspecified atom stereocenters. The number of nitrogens with two attached hydrogens (primary N) is 1. The normalized spacial score (nSPS) is 13.4. The maximum atomic E-state index is 11.4. The minimum absolute atomic E-state index is 0.0116. The smallest absolute Gasteiger partial charge is 0.234 e. The molecule has 1 atom stereocenters. The predicted molar refractivity (Wildman–Crippen MR) is 82.7 cm³/mol. The van der Waals surface area contributed by atoms with Gasteiger partial charge >= 0.3 is 0 Å². The molecule has 0 radical (unpaired) electrons. The van der Waals surface area contributed by atoms with Crippen molar-refractivity contribution in [1.29, 1.82) is 0 Å². The first kappa shape index (κ1) is 16.2.